The molecule has 0 amide bonds. The Bertz CT molecular complexity index is 643. The number of hydrogen-bond acceptors (Lipinski definition) is 5. The first-order valence-electron chi connectivity index (χ1n) is 5.82. The largest absolute Gasteiger partial charge is 0.507 e. The number of anilines is 1. The van der Waals surface area contributed by atoms with E-state index in [2.05, 4.69) is 4.99 Å². The van der Waals surface area contributed by atoms with Gasteiger partial charge in [0.25, 0.3) is 0 Å². The van der Waals surface area contributed by atoms with Crippen LogP contribution in [0.2, 0.25) is 0 Å². The number of benzene rings is 2. The molecule has 0 bridgehead atoms. The molecule has 1 aliphatic heterocycles. The van der Waals surface area contributed by atoms with Gasteiger partial charge in [0, 0.05) is 17.5 Å². The zero-order valence-corrected chi connectivity index (χ0v) is 10.8. The van der Waals surface area contributed by atoms with Gasteiger partial charge in [-0.2, -0.15) is 0 Å². The van der Waals surface area contributed by atoms with Crippen molar-refractivity contribution < 1.29 is 10.2 Å². The van der Waals surface area contributed by atoms with Gasteiger partial charge in [0.1, 0.15) is 23.2 Å². The van der Waals surface area contributed by atoms with Crippen molar-refractivity contribution in [2.24, 2.45) is 4.99 Å². The highest BCUT2D eigenvalue weighted by Crippen LogP contribution is 2.37. The smallest absolute Gasteiger partial charge is 0.139 e. The fourth-order valence-corrected chi connectivity index (χ4v) is 2.84. The van der Waals surface area contributed by atoms with Crippen LogP contribution in [-0.4, -0.2) is 21.9 Å². The Morgan fingerprint density at radius 2 is 1.63 bits per heavy atom. The minimum Gasteiger partial charge on any atom is -0.507 e. The van der Waals surface area contributed by atoms with Crippen LogP contribution in [-0.2, 0) is 0 Å². The Kier molecular flexibility index (Phi) is 3.05. The van der Waals surface area contributed by atoms with E-state index in [1.165, 1.54) is 11.9 Å². The van der Waals surface area contributed by atoms with Crippen molar-refractivity contribution in [1.29, 1.82) is 0 Å². The highest BCUT2D eigenvalue weighted by atomic mass is 32.2. The summed E-state index contributed by atoms with van der Waals surface area (Å²) in [5, 5.41) is 20.4. The fraction of sp³-hybridized carbons (Fsp3) is 0.0714. The standard InChI is InChI=1S/C14H12N2O2S/c17-12-7-3-1-5-10(12)14-15-9-16(19-14)11-6-2-4-8-13(11)18/h1-8,17-18H,9H2. The van der Waals surface area contributed by atoms with E-state index in [1.807, 2.05) is 28.6 Å². The van der Waals surface area contributed by atoms with Gasteiger partial charge in [-0.05, 0) is 24.3 Å². The molecule has 2 N–H and O–H groups in total. The Morgan fingerprint density at radius 3 is 2.37 bits per heavy atom. The molecule has 0 fully saturated rings. The average Bonchev–Trinajstić information content (AvgIpc) is 2.89. The van der Waals surface area contributed by atoms with Gasteiger partial charge >= 0.3 is 0 Å². The molecule has 5 heteroatoms. The summed E-state index contributed by atoms with van der Waals surface area (Å²) in [6, 6.07) is 14.2. The summed E-state index contributed by atoms with van der Waals surface area (Å²) in [4.78, 5) is 4.40. The summed E-state index contributed by atoms with van der Waals surface area (Å²) in [5.41, 5.74) is 1.44. The molecule has 2 aromatic carbocycles. The zero-order valence-electron chi connectivity index (χ0n) is 10.0. The number of phenols is 2. The number of hydrogen-bond donors (Lipinski definition) is 2. The summed E-state index contributed by atoms with van der Waals surface area (Å²) in [6.07, 6.45) is 0. The first-order valence-corrected chi connectivity index (χ1v) is 6.59. The predicted molar refractivity (Wildman–Crippen MR) is 77.7 cm³/mol. The van der Waals surface area contributed by atoms with Crippen molar-refractivity contribution in [1.82, 2.24) is 0 Å². The molecule has 3 rings (SSSR count). The molecule has 0 spiro atoms. The van der Waals surface area contributed by atoms with Crippen molar-refractivity contribution >= 4 is 22.7 Å². The minimum atomic E-state index is 0.216. The molecule has 0 aromatic heterocycles. The number of aromatic hydroxyl groups is 2. The number of para-hydroxylation sites is 3. The molecule has 1 heterocycles. The first-order chi connectivity index (χ1) is 9.25. The SMILES string of the molecule is Oc1ccccc1C1=NCN(c2ccccc2O)S1. The second-order valence-electron chi connectivity index (χ2n) is 4.08. The zero-order chi connectivity index (χ0) is 13.2. The molecule has 4 nitrogen and oxygen atoms in total. The van der Waals surface area contributed by atoms with E-state index in [9.17, 15) is 10.2 Å². The van der Waals surface area contributed by atoms with Crippen molar-refractivity contribution in [2.45, 2.75) is 0 Å². The van der Waals surface area contributed by atoms with Crippen molar-refractivity contribution in [3.05, 3.63) is 54.1 Å². The first kappa shape index (κ1) is 11.9. The van der Waals surface area contributed by atoms with E-state index in [4.69, 9.17) is 0 Å². The highest BCUT2D eigenvalue weighted by Gasteiger charge is 2.22. The summed E-state index contributed by atoms with van der Waals surface area (Å²) < 4.78 is 1.89. The minimum absolute atomic E-state index is 0.216. The normalized spacial score (nSPS) is 14.5. The van der Waals surface area contributed by atoms with Gasteiger partial charge in [-0.25, -0.2) is 0 Å². The van der Waals surface area contributed by atoms with Gasteiger partial charge < -0.3 is 10.2 Å². The molecular weight excluding hydrogens is 260 g/mol. The second-order valence-corrected chi connectivity index (χ2v) is 5.09. The molecular formula is C14H12N2O2S. The number of rotatable bonds is 2. The molecule has 2 aromatic rings. The molecule has 0 saturated carbocycles. The lowest BCUT2D eigenvalue weighted by atomic mass is 10.2. The van der Waals surface area contributed by atoms with Crippen LogP contribution in [0.3, 0.4) is 0 Å². The van der Waals surface area contributed by atoms with Crippen molar-refractivity contribution in [3.63, 3.8) is 0 Å². The van der Waals surface area contributed by atoms with E-state index >= 15 is 0 Å². The maximum Gasteiger partial charge on any atom is 0.139 e. The number of aliphatic imine (C=N–C) groups is 1. The molecule has 0 saturated heterocycles. The quantitative estimate of drug-likeness (QED) is 0.825. The van der Waals surface area contributed by atoms with Crippen LogP contribution < -0.4 is 4.31 Å². The van der Waals surface area contributed by atoms with Crippen LogP contribution >= 0.6 is 11.9 Å². The monoisotopic (exact) mass is 272 g/mol. The van der Waals surface area contributed by atoms with Crippen LogP contribution in [0.15, 0.2) is 53.5 Å². The van der Waals surface area contributed by atoms with Crippen LogP contribution in [0.4, 0.5) is 5.69 Å². The highest BCUT2D eigenvalue weighted by molar-refractivity contribution is 8.15. The molecule has 0 atom stereocenters. The Hall–Kier alpha value is -2.14. The topological polar surface area (TPSA) is 56.1 Å². The molecule has 0 aliphatic carbocycles. The lowest BCUT2D eigenvalue weighted by Crippen LogP contribution is -2.10. The van der Waals surface area contributed by atoms with E-state index in [1.54, 1.807) is 24.3 Å². The van der Waals surface area contributed by atoms with E-state index in [0.717, 1.165) is 10.7 Å². The summed E-state index contributed by atoms with van der Waals surface area (Å²) in [6.45, 7) is 0.450. The molecule has 0 unspecified atom stereocenters. The second kappa shape index (κ2) is 4.85. The third-order valence-electron chi connectivity index (χ3n) is 2.82. The van der Waals surface area contributed by atoms with Crippen molar-refractivity contribution in [2.75, 3.05) is 11.0 Å². The van der Waals surface area contributed by atoms with Crippen LogP contribution in [0, 0.1) is 0 Å². The maximum atomic E-state index is 9.83. The molecule has 96 valence electrons. The lowest BCUT2D eigenvalue weighted by molar-refractivity contribution is 0.474. The summed E-state index contributed by atoms with van der Waals surface area (Å²) in [5.74, 6) is 0.441. The van der Waals surface area contributed by atoms with E-state index < -0.39 is 0 Å². The van der Waals surface area contributed by atoms with Gasteiger partial charge in [-0.3, -0.25) is 9.30 Å². The van der Waals surface area contributed by atoms with Crippen LogP contribution in [0.5, 0.6) is 11.5 Å². The Balaban J connectivity index is 1.85. The molecule has 19 heavy (non-hydrogen) atoms. The Labute approximate surface area is 115 Å². The maximum absolute atomic E-state index is 9.83. The van der Waals surface area contributed by atoms with Gasteiger partial charge in [0.2, 0.25) is 0 Å². The average molecular weight is 272 g/mol. The molecule has 0 radical (unpaired) electrons. The predicted octanol–water partition coefficient (Wildman–Crippen LogP) is 2.97. The lowest BCUT2D eigenvalue weighted by Gasteiger charge is -2.16. The number of nitrogens with zero attached hydrogens (tertiary/aromatic N) is 2. The van der Waals surface area contributed by atoms with Gasteiger partial charge in [0.15, 0.2) is 0 Å². The third kappa shape index (κ3) is 2.24. The van der Waals surface area contributed by atoms with E-state index in [0.29, 0.717) is 12.2 Å². The summed E-state index contributed by atoms with van der Waals surface area (Å²) in [7, 11) is 0. The third-order valence-corrected chi connectivity index (χ3v) is 3.88. The van der Waals surface area contributed by atoms with E-state index in [-0.39, 0.29) is 11.5 Å². The molecule has 1 aliphatic rings. The number of phenolic OH excluding ortho intramolecular Hbond substituents is 2. The van der Waals surface area contributed by atoms with Crippen molar-refractivity contribution in [3.8, 4) is 11.5 Å². The van der Waals surface area contributed by atoms with Gasteiger partial charge in [0.05, 0.1) is 5.69 Å². The Morgan fingerprint density at radius 1 is 0.947 bits per heavy atom. The summed E-state index contributed by atoms with van der Waals surface area (Å²) >= 11 is 1.41. The van der Waals surface area contributed by atoms with Gasteiger partial charge in [-0.1, -0.05) is 24.3 Å². The van der Waals surface area contributed by atoms with Crippen LogP contribution in [0.25, 0.3) is 0 Å². The van der Waals surface area contributed by atoms with Crippen LogP contribution in [0.1, 0.15) is 5.56 Å². The fourth-order valence-electron chi connectivity index (χ4n) is 1.88. The van der Waals surface area contributed by atoms with Gasteiger partial charge in [-0.15, -0.1) is 0 Å².